The van der Waals surface area contributed by atoms with Gasteiger partial charge in [0.05, 0.1) is 26.4 Å². The lowest BCUT2D eigenvalue weighted by Crippen LogP contribution is -2.52. The van der Waals surface area contributed by atoms with Crippen LogP contribution < -0.4 is 0 Å². The largest absolute Gasteiger partial charge is 0.463 e. The number of carbonyl (C=O) groups excluding carboxylic acids is 9. The van der Waals surface area contributed by atoms with Crippen LogP contribution in [0.1, 0.15) is 321 Å². The highest BCUT2D eigenvalue weighted by molar-refractivity contribution is 5.89. The fourth-order valence-corrected chi connectivity index (χ4v) is 30.1. The Morgan fingerprint density at radius 1 is 0.297 bits per heavy atom. The van der Waals surface area contributed by atoms with E-state index < -0.39 is 0 Å². The lowest BCUT2D eigenvalue weighted by molar-refractivity contribution is -0.182. The van der Waals surface area contributed by atoms with Crippen molar-refractivity contribution in [1.29, 1.82) is 0 Å². The van der Waals surface area contributed by atoms with Gasteiger partial charge in [-0.2, -0.15) is 0 Å². The summed E-state index contributed by atoms with van der Waals surface area (Å²) in [5.41, 5.74) is 2.73. The summed E-state index contributed by atoms with van der Waals surface area (Å²) in [6.45, 7) is 55.2. The molecule has 0 spiro atoms. The first-order valence-corrected chi connectivity index (χ1v) is 50.4. The fourth-order valence-electron chi connectivity index (χ4n) is 30.1. The molecule has 18 heteroatoms. The molecule has 0 N–H and O–H groups in total. The second-order valence-electron chi connectivity index (χ2n) is 43.6. The van der Waals surface area contributed by atoms with E-state index in [-0.39, 0.29) is 88.7 Å². The zero-order valence-electron chi connectivity index (χ0n) is 81.0. The molecule has 22 aliphatic rings. The van der Waals surface area contributed by atoms with E-state index in [0.29, 0.717) is 77.5 Å². The van der Waals surface area contributed by atoms with Crippen LogP contribution in [-0.2, 0) is 85.8 Å². The van der Waals surface area contributed by atoms with Crippen molar-refractivity contribution in [2.45, 2.75) is 350 Å². The molecule has 0 aromatic heterocycles. The minimum atomic E-state index is -0.359. The summed E-state index contributed by atoms with van der Waals surface area (Å²) in [5.74, 6) is 19.6. The monoisotopic (exact) mass is 1780 g/mol. The van der Waals surface area contributed by atoms with Gasteiger partial charge in [-0.3, -0.25) is 0 Å². The SMILES string of the molecule is C1CC2C3CCC(C3)C2C1.C1CC2C3CCC(C3)C2C1.C=C(C)C(=O)OC12CC3CC(CC(C3)C1)C2.C=C(C)C(=O)OC1CC2CC1C1CCCC21.C=C(C)C(=O)OC1CC2CCC1(C)C2(C)C.C=C(C)C(=O)OCC.C=C(C)C(=O)OCC.C=CC(=O)OC12CC3CC(CC(C3)C1)C2.C=CC(=O)OC1CC2CC1C1CCCC21.C=CC(=O)OCC.C=CC(=O)OCC. The Labute approximate surface area is 770 Å². The van der Waals surface area contributed by atoms with Gasteiger partial charge in [0.25, 0.3) is 0 Å². The third-order valence-electron chi connectivity index (χ3n) is 35.0. The van der Waals surface area contributed by atoms with Crippen LogP contribution in [-0.4, -0.2) is 110 Å². The zero-order valence-corrected chi connectivity index (χ0v) is 81.0. The summed E-state index contributed by atoms with van der Waals surface area (Å²) >= 11 is 0. The second kappa shape index (κ2) is 46.5. The fraction of sp³-hybridized carbons (Fsp3) is 0.755. The highest BCUT2D eigenvalue weighted by atomic mass is 16.6. The average molecular weight is 1780 g/mol. The van der Waals surface area contributed by atoms with Gasteiger partial charge in [0.15, 0.2) is 0 Å². The Kier molecular flexibility index (Phi) is 37.4. The predicted molar refractivity (Wildman–Crippen MR) is 502 cm³/mol. The van der Waals surface area contributed by atoms with Crippen molar-refractivity contribution >= 4 is 53.7 Å². The molecule has 0 heterocycles. The van der Waals surface area contributed by atoms with Crippen molar-refractivity contribution in [2.75, 3.05) is 26.4 Å². The minimum absolute atomic E-state index is 0.0884. The normalized spacial score (nSPS) is 37.8. The van der Waals surface area contributed by atoms with E-state index in [9.17, 15) is 43.2 Å². The van der Waals surface area contributed by atoms with E-state index >= 15 is 0 Å². The van der Waals surface area contributed by atoms with Crippen LogP contribution in [0.4, 0.5) is 0 Å². The molecule has 0 saturated heterocycles. The molecule has 18 nitrogen and oxygen atoms in total. The van der Waals surface area contributed by atoms with Gasteiger partial charge in [-0.1, -0.05) is 106 Å². The van der Waals surface area contributed by atoms with E-state index in [1.54, 1.807) is 139 Å². The maximum atomic E-state index is 11.7. The molecule has 0 amide bonds. The standard InChI is InChI=1S/2C14H20O2.C14H22O2.2C13H18O2.2C10H16.2C6H10O2.2C5H8O2/c1-9(2)13(15)16-14-6-10-3-11(7-14)5-12(4-10)8-14;1-8(2)14(15)16-13-7-9-6-12(13)11-5-3-4-10(9)11;1-9(2)12(15)16-11-8-10-6-7-14(11,5)13(10,3)4;1-2-12(14)15-13-6-9-3-10(7-13)5-11(4-9)8-13;1-2-13(14)15-12-7-8-6-11(12)10-5-3-4-9(8)10;2*1-2-9-7-4-5-8(6-7)10(9)3-1;2*1-4-8-6(7)5(2)3;2*1-3-5(6)7-4-2/h10-12H,1,3-8H2,2H3;9-13H,1,3-7H2,2H3;10-11H,1,6-8H2,2-5H3;2,9-11H,1,3-8H2;2,8-12H,1,3-7H2;2*7-10H,1-6H2;2*2,4H2,1,3H3;2*3H,1,4H2,2H3. The Balaban J connectivity index is 0.000000149. The second-order valence-corrected chi connectivity index (χ2v) is 43.6. The van der Waals surface area contributed by atoms with Gasteiger partial charge < -0.3 is 42.6 Å². The van der Waals surface area contributed by atoms with Crippen molar-refractivity contribution in [1.82, 2.24) is 0 Å². The van der Waals surface area contributed by atoms with Crippen LogP contribution in [0.2, 0.25) is 0 Å². The molecular formula is C110H166O18. The molecule has 128 heavy (non-hydrogen) atoms. The molecule has 22 fully saturated rings. The van der Waals surface area contributed by atoms with E-state index in [1.165, 1.54) is 162 Å². The van der Waals surface area contributed by atoms with Crippen molar-refractivity contribution in [2.24, 2.45) is 147 Å². The number of ether oxygens (including phenoxy) is 9. The van der Waals surface area contributed by atoms with Crippen LogP contribution in [0.5, 0.6) is 0 Å². The van der Waals surface area contributed by atoms with Crippen molar-refractivity contribution in [3.8, 4) is 0 Å². The van der Waals surface area contributed by atoms with Gasteiger partial charge in [-0.05, 0) is 416 Å². The Morgan fingerprint density at radius 3 is 0.883 bits per heavy atom. The molecule has 0 aromatic rings. The Bertz CT molecular complexity index is 3760. The molecule has 0 radical (unpaired) electrons. The van der Waals surface area contributed by atoms with Gasteiger partial charge in [0, 0.05) is 57.6 Å². The Morgan fingerprint density at radius 2 is 0.602 bits per heavy atom. The van der Waals surface area contributed by atoms with Crippen molar-refractivity contribution in [3.05, 3.63) is 111 Å². The number of esters is 9. The number of fused-ring (bicyclic) bond motifs is 22. The van der Waals surface area contributed by atoms with Gasteiger partial charge in [0.2, 0.25) is 0 Å². The van der Waals surface area contributed by atoms with E-state index in [4.69, 9.17) is 23.7 Å². The first-order chi connectivity index (χ1) is 60.9. The smallest absolute Gasteiger partial charge is 0.333 e. The number of hydrogen-bond donors (Lipinski definition) is 0. The first kappa shape index (κ1) is 103. The maximum Gasteiger partial charge on any atom is 0.333 e. The third kappa shape index (κ3) is 25.6. The molecule has 21 atom stereocenters. The van der Waals surface area contributed by atoms with Gasteiger partial charge in [0.1, 0.15) is 29.5 Å². The van der Waals surface area contributed by atoms with Gasteiger partial charge in [-0.15, -0.1) is 0 Å². The molecule has 22 saturated carbocycles. The molecular weight excluding hydrogens is 1610 g/mol. The van der Waals surface area contributed by atoms with Crippen LogP contribution >= 0.6 is 0 Å². The maximum absolute atomic E-state index is 11.7. The van der Waals surface area contributed by atoms with Crippen LogP contribution in [0.25, 0.3) is 0 Å². The van der Waals surface area contributed by atoms with Gasteiger partial charge >= 0.3 is 53.7 Å². The lowest BCUT2D eigenvalue weighted by Gasteiger charge is -2.55. The highest BCUT2D eigenvalue weighted by Crippen LogP contribution is 2.68. The predicted octanol–water partition coefficient (Wildman–Crippen LogP) is 23.9. The van der Waals surface area contributed by atoms with E-state index in [1.807, 2.05) is 0 Å². The highest BCUT2D eigenvalue weighted by Gasteiger charge is 2.64. The molecule has 21 unspecified atom stereocenters. The summed E-state index contributed by atoms with van der Waals surface area (Å²) in [4.78, 5) is 98.4. The van der Waals surface area contributed by atoms with Crippen LogP contribution in [0.3, 0.4) is 0 Å². The number of rotatable bonds is 18. The summed E-state index contributed by atoms with van der Waals surface area (Å²) in [7, 11) is 0. The van der Waals surface area contributed by atoms with E-state index in [2.05, 4.69) is 98.9 Å². The quantitative estimate of drug-likeness (QED) is 0.0704. The summed E-state index contributed by atoms with van der Waals surface area (Å²) in [6.07, 6.45) is 56.1. The number of hydrogen-bond acceptors (Lipinski definition) is 18. The van der Waals surface area contributed by atoms with Gasteiger partial charge in [-0.25, -0.2) is 43.2 Å². The topological polar surface area (TPSA) is 237 Å². The van der Waals surface area contributed by atoms with E-state index in [0.717, 1.165) is 141 Å². The lowest BCUT2D eigenvalue weighted by atomic mass is 9.54. The summed E-state index contributed by atoms with van der Waals surface area (Å²) in [6, 6.07) is 0. The molecule has 0 aromatic carbocycles. The molecule has 0 aliphatic heterocycles. The van der Waals surface area contributed by atoms with Crippen molar-refractivity contribution in [3.63, 3.8) is 0 Å². The third-order valence-corrected chi connectivity index (χ3v) is 35.0. The minimum Gasteiger partial charge on any atom is -0.463 e. The average Bonchev–Trinajstić information content (AvgIpc) is 1.52. The molecule has 18 bridgehead atoms. The van der Waals surface area contributed by atoms with Crippen LogP contribution in [0.15, 0.2) is 111 Å². The molecule has 22 aliphatic carbocycles. The molecule has 22 rings (SSSR count). The zero-order chi connectivity index (χ0) is 93.3. The van der Waals surface area contributed by atoms with Crippen LogP contribution in [0, 0.1) is 147 Å². The molecule has 714 valence electrons. The Hall–Kier alpha value is -7.11. The summed E-state index contributed by atoms with van der Waals surface area (Å²) < 4.78 is 46.0. The van der Waals surface area contributed by atoms with Crippen molar-refractivity contribution < 1.29 is 85.8 Å². The first-order valence-electron chi connectivity index (χ1n) is 50.4. The number of carbonyl (C=O) groups is 9. The summed E-state index contributed by atoms with van der Waals surface area (Å²) in [5, 5.41) is 0.